The van der Waals surface area contributed by atoms with Crippen molar-refractivity contribution >= 4 is 10.0 Å². The summed E-state index contributed by atoms with van der Waals surface area (Å²) < 4.78 is 26.7. The molecule has 1 rings (SSSR count). The first-order chi connectivity index (χ1) is 8.74. The van der Waals surface area contributed by atoms with Gasteiger partial charge in [0.2, 0.25) is 10.0 Å². The maximum absolute atomic E-state index is 12.0. The third kappa shape index (κ3) is 5.43. The molecule has 1 aromatic rings. The molecule has 0 spiro atoms. The largest absolute Gasteiger partial charge is 0.320 e. The van der Waals surface area contributed by atoms with E-state index in [1.165, 1.54) is 0 Å². The Kier molecular flexibility index (Phi) is 5.12. The van der Waals surface area contributed by atoms with Crippen LogP contribution in [-0.4, -0.2) is 21.5 Å². The monoisotopic (exact) mass is 280 g/mol. The normalized spacial score (nSPS) is 11.8. The van der Waals surface area contributed by atoms with E-state index < -0.39 is 10.0 Å². The van der Waals surface area contributed by atoms with Crippen LogP contribution in [0.15, 0.2) is 29.2 Å². The Bertz CT molecular complexity index is 573. The quantitative estimate of drug-likeness (QED) is 0.820. The highest BCUT2D eigenvalue weighted by atomic mass is 32.2. The van der Waals surface area contributed by atoms with E-state index in [1.807, 2.05) is 20.8 Å². The van der Waals surface area contributed by atoms with Gasteiger partial charge in [-0.25, -0.2) is 13.1 Å². The highest BCUT2D eigenvalue weighted by Gasteiger charge is 2.18. The Balaban J connectivity index is 2.85. The first-order valence-electron chi connectivity index (χ1n) is 6.03. The molecule has 0 bridgehead atoms. The molecule has 0 aliphatic carbocycles. The van der Waals surface area contributed by atoms with Crippen LogP contribution in [-0.2, 0) is 10.0 Å². The van der Waals surface area contributed by atoms with Gasteiger partial charge in [-0.1, -0.05) is 32.6 Å². The van der Waals surface area contributed by atoms with Gasteiger partial charge in [-0.15, -0.1) is 0 Å². The molecule has 0 saturated heterocycles. The SMILES string of the molecule is CC(C)(C)CNS(=O)(=O)c1ccc(C#CCN)cc1. The fraction of sp³-hybridized carbons (Fsp3) is 0.429. The topological polar surface area (TPSA) is 72.2 Å². The number of sulfonamides is 1. The van der Waals surface area contributed by atoms with Crippen molar-refractivity contribution in [2.75, 3.05) is 13.1 Å². The van der Waals surface area contributed by atoms with Crippen molar-refractivity contribution in [1.29, 1.82) is 0 Å². The second kappa shape index (κ2) is 6.20. The van der Waals surface area contributed by atoms with Gasteiger partial charge in [0.05, 0.1) is 11.4 Å². The molecule has 0 aromatic heterocycles. The van der Waals surface area contributed by atoms with E-state index in [4.69, 9.17) is 5.73 Å². The predicted octanol–water partition coefficient (Wildman–Crippen LogP) is 1.32. The minimum atomic E-state index is -3.45. The Labute approximate surface area is 115 Å². The third-order valence-electron chi connectivity index (χ3n) is 2.29. The van der Waals surface area contributed by atoms with E-state index in [9.17, 15) is 8.42 Å². The Morgan fingerprint density at radius 1 is 1.21 bits per heavy atom. The van der Waals surface area contributed by atoms with Gasteiger partial charge in [0.15, 0.2) is 0 Å². The summed E-state index contributed by atoms with van der Waals surface area (Å²) in [6.07, 6.45) is 0. The van der Waals surface area contributed by atoms with Crippen molar-refractivity contribution in [2.24, 2.45) is 11.1 Å². The van der Waals surface area contributed by atoms with Gasteiger partial charge in [-0.05, 0) is 29.7 Å². The van der Waals surface area contributed by atoms with Crippen molar-refractivity contribution in [3.63, 3.8) is 0 Å². The number of nitrogens with two attached hydrogens (primary N) is 1. The van der Waals surface area contributed by atoms with Crippen molar-refractivity contribution in [3.05, 3.63) is 29.8 Å². The van der Waals surface area contributed by atoms with E-state index in [0.29, 0.717) is 6.54 Å². The summed E-state index contributed by atoms with van der Waals surface area (Å²) in [4.78, 5) is 0.245. The van der Waals surface area contributed by atoms with E-state index in [1.54, 1.807) is 24.3 Å². The van der Waals surface area contributed by atoms with Crippen LogP contribution in [0.25, 0.3) is 0 Å². The van der Waals surface area contributed by atoms with Gasteiger partial charge in [0, 0.05) is 12.1 Å². The maximum atomic E-state index is 12.0. The minimum Gasteiger partial charge on any atom is -0.320 e. The molecule has 5 heteroatoms. The molecule has 0 radical (unpaired) electrons. The Morgan fingerprint density at radius 2 is 1.79 bits per heavy atom. The fourth-order valence-corrected chi connectivity index (χ4v) is 2.55. The zero-order valence-corrected chi connectivity index (χ0v) is 12.3. The molecule has 4 nitrogen and oxygen atoms in total. The molecule has 104 valence electrons. The Morgan fingerprint density at radius 3 is 2.26 bits per heavy atom. The van der Waals surface area contributed by atoms with Gasteiger partial charge < -0.3 is 5.73 Å². The average molecular weight is 280 g/mol. The summed E-state index contributed by atoms with van der Waals surface area (Å²) in [5, 5.41) is 0. The van der Waals surface area contributed by atoms with Crippen LogP contribution in [0.3, 0.4) is 0 Å². The molecule has 0 aliphatic rings. The molecular formula is C14H20N2O2S. The zero-order chi connectivity index (χ0) is 14.5. The lowest BCUT2D eigenvalue weighted by Gasteiger charge is -2.18. The first kappa shape index (κ1) is 15.7. The second-order valence-electron chi connectivity index (χ2n) is 5.42. The molecule has 1 aromatic carbocycles. The van der Waals surface area contributed by atoms with Crippen LogP contribution in [0.4, 0.5) is 0 Å². The fourth-order valence-electron chi connectivity index (χ4n) is 1.27. The van der Waals surface area contributed by atoms with Crippen molar-refractivity contribution in [2.45, 2.75) is 25.7 Å². The van der Waals surface area contributed by atoms with Crippen molar-refractivity contribution in [3.8, 4) is 11.8 Å². The van der Waals surface area contributed by atoms with E-state index >= 15 is 0 Å². The molecule has 0 saturated carbocycles. The van der Waals surface area contributed by atoms with E-state index in [-0.39, 0.29) is 16.9 Å². The number of hydrogen-bond donors (Lipinski definition) is 2. The molecule has 0 aliphatic heterocycles. The molecule has 19 heavy (non-hydrogen) atoms. The highest BCUT2D eigenvalue weighted by molar-refractivity contribution is 7.89. The van der Waals surface area contributed by atoms with Crippen LogP contribution in [0.5, 0.6) is 0 Å². The molecule has 0 heterocycles. The number of hydrogen-bond acceptors (Lipinski definition) is 3. The van der Waals surface area contributed by atoms with Crippen LogP contribution in [0.1, 0.15) is 26.3 Å². The summed E-state index contributed by atoms with van der Waals surface area (Å²) in [5.41, 5.74) is 5.93. The summed E-state index contributed by atoms with van der Waals surface area (Å²) in [7, 11) is -3.45. The number of rotatable bonds is 3. The lowest BCUT2D eigenvalue weighted by molar-refractivity contribution is 0.407. The molecule has 0 amide bonds. The maximum Gasteiger partial charge on any atom is 0.240 e. The zero-order valence-electron chi connectivity index (χ0n) is 11.5. The molecular weight excluding hydrogens is 260 g/mol. The van der Waals surface area contributed by atoms with Gasteiger partial charge >= 0.3 is 0 Å². The van der Waals surface area contributed by atoms with Crippen LogP contribution in [0.2, 0.25) is 0 Å². The minimum absolute atomic E-state index is 0.0976. The standard InChI is InChI=1S/C14H20N2O2S/c1-14(2,3)11-16-19(17,18)13-8-6-12(7-9-13)5-4-10-15/h6-9,16H,10-11,15H2,1-3H3. The summed E-state index contributed by atoms with van der Waals surface area (Å²) in [6.45, 7) is 6.60. The number of nitrogens with one attached hydrogen (secondary N) is 1. The smallest absolute Gasteiger partial charge is 0.240 e. The van der Waals surface area contributed by atoms with Gasteiger partial charge in [0.1, 0.15) is 0 Å². The van der Waals surface area contributed by atoms with Gasteiger partial charge in [-0.3, -0.25) is 0 Å². The third-order valence-corrected chi connectivity index (χ3v) is 3.71. The molecule has 0 unspecified atom stereocenters. The summed E-state index contributed by atoms with van der Waals surface area (Å²) >= 11 is 0. The average Bonchev–Trinajstić information content (AvgIpc) is 2.34. The van der Waals surface area contributed by atoms with Crippen LogP contribution < -0.4 is 10.5 Å². The number of benzene rings is 1. The van der Waals surface area contributed by atoms with Gasteiger partial charge in [0.25, 0.3) is 0 Å². The van der Waals surface area contributed by atoms with Gasteiger partial charge in [-0.2, -0.15) is 0 Å². The predicted molar refractivity (Wildman–Crippen MR) is 77.0 cm³/mol. The first-order valence-corrected chi connectivity index (χ1v) is 7.52. The summed E-state index contributed by atoms with van der Waals surface area (Å²) in [6, 6.07) is 6.44. The van der Waals surface area contributed by atoms with E-state index in [2.05, 4.69) is 16.6 Å². The lowest BCUT2D eigenvalue weighted by atomic mass is 9.98. The second-order valence-corrected chi connectivity index (χ2v) is 7.18. The molecule has 0 fully saturated rings. The highest BCUT2D eigenvalue weighted by Crippen LogP contribution is 2.14. The van der Waals surface area contributed by atoms with Crippen LogP contribution >= 0.6 is 0 Å². The van der Waals surface area contributed by atoms with Crippen molar-refractivity contribution < 1.29 is 8.42 Å². The molecule has 0 atom stereocenters. The summed E-state index contributed by atoms with van der Waals surface area (Å²) in [5.74, 6) is 5.57. The lowest BCUT2D eigenvalue weighted by Crippen LogP contribution is -2.32. The Hall–Kier alpha value is -1.35. The molecule has 3 N–H and O–H groups in total. The van der Waals surface area contributed by atoms with Crippen molar-refractivity contribution in [1.82, 2.24) is 4.72 Å². The van der Waals surface area contributed by atoms with E-state index in [0.717, 1.165) is 5.56 Å². The van der Waals surface area contributed by atoms with Crippen LogP contribution in [0, 0.1) is 17.3 Å².